The predicted octanol–water partition coefficient (Wildman–Crippen LogP) is 4.48. The van der Waals surface area contributed by atoms with Gasteiger partial charge in [0.2, 0.25) is 5.91 Å². The molecule has 0 saturated heterocycles. The fraction of sp³-hybridized carbons (Fsp3) is 0.200. The summed E-state index contributed by atoms with van der Waals surface area (Å²) in [4.78, 5) is 21.2. The van der Waals surface area contributed by atoms with E-state index in [2.05, 4.69) is 4.98 Å². The number of nitrogens with zero attached hydrogens (tertiary/aromatic N) is 2. The molecule has 7 heteroatoms. The van der Waals surface area contributed by atoms with E-state index in [1.165, 1.54) is 26.4 Å². The standard InChI is InChI=1S/C20H17F3N2O2/c1-25(27-2)17(26)11-14-12-24-19-15(9-6-10-16(19)20(21,22)23)18(14)13-7-4-3-5-8-13/h3-10,12H,11H2,1-2H3. The Balaban J connectivity index is 2.26. The Morgan fingerprint density at radius 2 is 1.81 bits per heavy atom. The van der Waals surface area contributed by atoms with Crippen molar-refractivity contribution in [3.05, 3.63) is 65.9 Å². The smallest absolute Gasteiger partial charge is 0.275 e. The molecular formula is C20H17F3N2O2. The summed E-state index contributed by atoms with van der Waals surface area (Å²) in [5.41, 5.74) is 0.864. The molecule has 0 fully saturated rings. The van der Waals surface area contributed by atoms with Gasteiger partial charge >= 0.3 is 6.18 Å². The third-order valence-electron chi connectivity index (χ3n) is 4.31. The molecule has 0 aliphatic rings. The summed E-state index contributed by atoms with van der Waals surface area (Å²) in [6.07, 6.45) is -3.23. The maximum atomic E-state index is 13.4. The van der Waals surface area contributed by atoms with Crippen molar-refractivity contribution in [1.82, 2.24) is 10.0 Å². The number of hydrogen-bond donors (Lipinski definition) is 0. The number of carbonyl (C=O) groups excluding carboxylic acids is 1. The number of rotatable bonds is 4. The van der Waals surface area contributed by atoms with Crippen LogP contribution < -0.4 is 0 Å². The van der Waals surface area contributed by atoms with Crippen molar-refractivity contribution in [1.29, 1.82) is 0 Å². The average Bonchev–Trinajstić information content (AvgIpc) is 2.66. The Morgan fingerprint density at radius 3 is 2.44 bits per heavy atom. The number of hydrogen-bond acceptors (Lipinski definition) is 3. The third kappa shape index (κ3) is 3.78. The van der Waals surface area contributed by atoms with Crippen LogP contribution in [-0.4, -0.2) is 30.1 Å². The molecule has 0 spiro atoms. The van der Waals surface area contributed by atoms with Gasteiger partial charge in [-0.1, -0.05) is 42.5 Å². The number of para-hydroxylation sites is 1. The van der Waals surface area contributed by atoms with Gasteiger partial charge < -0.3 is 0 Å². The van der Waals surface area contributed by atoms with Crippen LogP contribution in [0, 0.1) is 0 Å². The minimum Gasteiger partial charge on any atom is -0.275 e. The van der Waals surface area contributed by atoms with E-state index in [1.807, 2.05) is 6.07 Å². The molecule has 140 valence electrons. The van der Waals surface area contributed by atoms with Crippen LogP contribution in [0.15, 0.2) is 54.7 Å². The maximum Gasteiger partial charge on any atom is 0.418 e. The summed E-state index contributed by atoms with van der Waals surface area (Å²) in [5, 5.41) is 1.42. The molecule has 3 aromatic rings. The summed E-state index contributed by atoms with van der Waals surface area (Å²) in [5.74, 6) is -0.331. The van der Waals surface area contributed by atoms with Crippen molar-refractivity contribution in [2.45, 2.75) is 12.6 Å². The lowest BCUT2D eigenvalue weighted by Crippen LogP contribution is -2.27. The van der Waals surface area contributed by atoms with E-state index in [4.69, 9.17) is 4.84 Å². The molecule has 4 nitrogen and oxygen atoms in total. The molecule has 1 amide bonds. The average molecular weight is 374 g/mol. The van der Waals surface area contributed by atoms with Crippen molar-refractivity contribution in [3.8, 4) is 11.1 Å². The highest BCUT2D eigenvalue weighted by molar-refractivity contribution is 5.99. The number of amides is 1. The van der Waals surface area contributed by atoms with Gasteiger partial charge in [0.1, 0.15) is 0 Å². The molecule has 3 rings (SSSR count). The second-order valence-corrected chi connectivity index (χ2v) is 5.97. The second kappa shape index (κ2) is 7.36. The number of benzene rings is 2. The zero-order valence-electron chi connectivity index (χ0n) is 14.7. The lowest BCUT2D eigenvalue weighted by molar-refractivity contribution is -0.167. The van der Waals surface area contributed by atoms with Crippen molar-refractivity contribution < 1.29 is 22.8 Å². The second-order valence-electron chi connectivity index (χ2n) is 5.97. The molecule has 0 saturated carbocycles. The SMILES string of the molecule is CON(C)C(=O)Cc1cnc2c(C(F)(F)F)cccc2c1-c1ccccc1. The summed E-state index contributed by atoms with van der Waals surface area (Å²) in [6, 6.07) is 12.9. The summed E-state index contributed by atoms with van der Waals surface area (Å²) < 4.78 is 40.2. The molecule has 0 aliphatic carbocycles. The Morgan fingerprint density at radius 1 is 1.11 bits per heavy atom. The Labute approximate surface area is 154 Å². The maximum absolute atomic E-state index is 13.4. The van der Waals surface area contributed by atoms with Crippen molar-refractivity contribution >= 4 is 16.8 Å². The zero-order valence-corrected chi connectivity index (χ0v) is 14.7. The van der Waals surface area contributed by atoms with E-state index < -0.39 is 11.7 Å². The van der Waals surface area contributed by atoms with Gasteiger partial charge in [-0.3, -0.25) is 14.6 Å². The van der Waals surface area contributed by atoms with Crippen LogP contribution in [0.4, 0.5) is 13.2 Å². The molecule has 1 heterocycles. The van der Waals surface area contributed by atoms with Gasteiger partial charge in [0.05, 0.1) is 24.6 Å². The fourth-order valence-electron chi connectivity index (χ4n) is 2.95. The van der Waals surface area contributed by atoms with Gasteiger partial charge in [-0.25, -0.2) is 5.06 Å². The van der Waals surface area contributed by atoms with E-state index in [1.54, 1.807) is 30.3 Å². The first-order valence-electron chi connectivity index (χ1n) is 8.17. The summed E-state index contributed by atoms with van der Waals surface area (Å²) in [6.45, 7) is 0. The number of fused-ring (bicyclic) bond motifs is 1. The quantitative estimate of drug-likeness (QED) is 0.632. The number of hydroxylamine groups is 2. The molecule has 2 aromatic carbocycles. The Bertz CT molecular complexity index is 972. The largest absolute Gasteiger partial charge is 0.418 e. The van der Waals surface area contributed by atoms with E-state index in [0.717, 1.165) is 11.1 Å². The number of alkyl halides is 3. The molecule has 1 aromatic heterocycles. The van der Waals surface area contributed by atoms with Crippen LogP contribution in [0.5, 0.6) is 0 Å². The van der Waals surface area contributed by atoms with Crippen molar-refractivity contribution in [2.24, 2.45) is 0 Å². The molecule has 0 bridgehead atoms. The number of pyridine rings is 1. The molecule has 0 N–H and O–H groups in total. The van der Waals surface area contributed by atoms with Gasteiger partial charge in [0.15, 0.2) is 0 Å². The minimum atomic E-state index is -4.52. The summed E-state index contributed by atoms with van der Waals surface area (Å²) >= 11 is 0. The first-order valence-corrected chi connectivity index (χ1v) is 8.17. The van der Waals surface area contributed by atoms with Gasteiger partial charge in [0, 0.05) is 18.6 Å². The molecule has 0 unspecified atom stereocenters. The third-order valence-corrected chi connectivity index (χ3v) is 4.31. The normalized spacial score (nSPS) is 11.6. The Hall–Kier alpha value is -2.93. The Kier molecular flexibility index (Phi) is 5.14. The number of carbonyl (C=O) groups is 1. The van der Waals surface area contributed by atoms with Crippen molar-refractivity contribution in [3.63, 3.8) is 0 Å². The topological polar surface area (TPSA) is 42.4 Å². The molecule has 27 heavy (non-hydrogen) atoms. The van der Waals surface area contributed by atoms with E-state index in [0.29, 0.717) is 22.1 Å². The van der Waals surface area contributed by atoms with Gasteiger partial charge in [-0.2, -0.15) is 13.2 Å². The van der Waals surface area contributed by atoms with Crippen LogP contribution in [0.25, 0.3) is 22.0 Å². The zero-order chi connectivity index (χ0) is 19.6. The van der Waals surface area contributed by atoms with Crippen LogP contribution in [0.2, 0.25) is 0 Å². The first-order chi connectivity index (χ1) is 12.8. The van der Waals surface area contributed by atoms with Crippen LogP contribution in [0.1, 0.15) is 11.1 Å². The molecule has 0 aliphatic heterocycles. The lowest BCUT2D eigenvalue weighted by atomic mass is 9.93. The number of aromatic nitrogens is 1. The first kappa shape index (κ1) is 18.8. The van der Waals surface area contributed by atoms with Crippen LogP contribution in [-0.2, 0) is 22.2 Å². The fourth-order valence-corrected chi connectivity index (χ4v) is 2.95. The van der Waals surface area contributed by atoms with Gasteiger partial charge in [-0.05, 0) is 22.8 Å². The minimum absolute atomic E-state index is 0.0479. The molecular weight excluding hydrogens is 357 g/mol. The van der Waals surface area contributed by atoms with Gasteiger partial charge in [-0.15, -0.1) is 0 Å². The van der Waals surface area contributed by atoms with E-state index >= 15 is 0 Å². The highest BCUT2D eigenvalue weighted by atomic mass is 19.4. The van der Waals surface area contributed by atoms with E-state index in [9.17, 15) is 18.0 Å². The van der Waals surface area contributed by atoms with Crippen LogP contribution >= 0.6 is 0 Å². The molecule has 0 radical (unpaired) electrons. The van der Waals surface area contributed by atoms with Crippen molar-refractivity contribution in [2.75, 3.05) is 14.2 Å². The highest BCUT2D eigenvalue weighted by Gasteiger charge is 2.33. The van der Waals surface area contributed by atoms with Crippen LogP contribution in [0.3, 0.4) is 0 Å². The van der Waals surface area contributed by atoms with Gasteiger partial charge in [0.25, 0.3) is 0 Å². The number of halogens is 3. The van der Waals surface area contributed by atoms with E-state index in [-0.39, 0.29) is 17.8 Å². The monoisotopic (exact) mass is 374 g/mol. The predicted molar refractivity (Wildman–Crippen MR) is 95.7 cm³/mol. The number of likely N-dealkylation sites (N-methyl/N-ethyl adjacent to an activating group) is 1. The molecule has 0 atom stereocenters. The highest BCUT2D eigenvalue weighted by Crippen LogP contribution is 2.38. The summed E-state index contributed by atoms with van der Waals surface area (Å²) in [7, 11) is 2.84. The lowest BCUT2D eigenvalue weighted by Gasteiger charge is -2.18.